The smallest absolute Gasteiger partial charge is 0.462 e. The summed E-state index contributed by atoms with van der Waals surface area (Å²) in [4.78, 5) is 72.9. The van der Waals surface area contributed by atoms with Crippen LogP contribution in [0.3, 0.4) is 0 Å². The molecule has 0 aliphatic rings. The first-order valence-corrected chi connectivity index (χ1v) is 42.7. The fraction of sp³-hybridized carbons (Fsp3) is 0.897. The third kappa shape index (κ3) is 69.1. The maximum atomic E-state index is 13.1. The number of aliphatic hydroxyl groups excluding tert-OH is 1. The van der Waals surface area contributed by atoms with Crippen LogP contribution in [0.25, 0.3) is 0 Å². The second-order valence-electron chi connectivity index (χ2n) is 28.4. The molecule has 0 saturated carbocycles. The zero-order valence-electron chi connectivity index (χ0n) is 63.0. The molecule has 17 nitrogen and oxygen atoms in total. The quantitative estimate of drug-likeness (QED) is 0.0169. The fourth-order valence-electron chi connectivity index (χ4n) is 11.4. The van der Waals surface area contributed by atoms with Crippen LogP contribution in [-0.4, -0.2) is 96.7 Å². The van der Waals surface area contributed by atoms with Crippen molar-refractivity contribution in [2.75, 3.05) is 39.6 Å². The number of phosphoric ester groups is 2. The molecule has 0 aromatic carbocycles. The summed E-state index contributed by atoms with van der Waals surface area (Å²) in [6.45, 7) is 11.9. The lowest BCUT2D eigenvalue weighted by Crippen LogP contribution is -2.30. The van der Waals surface area contributed by atoms with E-state index < -0.39 is 97.5 Å². The van der Waals surface area contributed by atoms with E-state index in [0.717, 1.165) is 127 Å². The third-order valence-electron chi connectivity index (χ3n) is 18.2. The Labute approximate surface area is 592 Å². The van der Waals surface area contributed by atoms with Crippen molar-refractivity contribution in [1.29, 1.82) is 0 Å². The molecule has 0 rings (SSSR count). The van der Waals surface area contributed by atoms with Crippen molar-refractivity contribution < 1.29 is 80.2 Å². The van der Waals surface area contributed by atoms with Crippen LogP contribution >= 0.6 is 15.6 Å². The molecule has 0 saturated heterocycles. The molecule has 3 N–H and O–H groups in total. The summed E-state index contributed by atoms with van der Waals surface area (Å²) in [5, 5.41) is 10.6. The van der Waals surface area contributed by atoms with Crippen molar-refractivity contribution in [3.05, 3.63) is 24.3 Å². The lowest BCUT2D eigenvalue weighted by molar-refractivity contribution is -0.161. The maximum absolute atomic E-state index is 13.1. The van der Waals surface area contributed by atoms with E-state index in [2.05, 4.69) is 72.8 Å². The van der Waals surface area contributed by atoms with E-state index in [1.807, 2.05) is 0 Å². The average Bonchev–Trinajstić information content (AvgIpc) is 3.24. The summed E-state index contributed by atoms with van der Waals surface area (Å²) in [7, 11) is -9.93. The molecule has 4 unspecified atom stereocenters. The lowest BCUT2D eigenvalue weighted by Gasteiger charge is -2.21. The molecule has 0 radical (unpaired) electrons. The van der Waals surface area contributed by atoms with Gasteiger partial charge in [-0.1, -0.05) is 323 Å². The summed E-state index contributed by atoms with van der Waals surface area (Å²) in [5.74, 6) is 0.197. The van der Waals surface area contributed by atoms with Crippen LogP contribution in [0.2, 0.25) is 0 Å². The number of carbonyl (C=O) groups excluding carboxylic acids is 4. The standard InChI is InChI=1S/C78H148O17P2/c1-8-11-12-13-14-15-16-17-19-23-26-29-38-45-52-59-75(80)88-65-73(94-77(82)61-54-47-40-30-27-24-21-18-20-22-25-28-35-42-49-56-69(4)5)67-92-96(84,85)90-63-72(79)64-91-97(86,87)93-68-74(95-78(83)62-55-48-41-34-32-37-44-51-58-71(7)10-3)66-89-76(81)60-53-46-39-33-31-36-43-50-57-70(6)9-2/h15-17,19,69-74,79H,8-14,18,20-68H2,1-7H3,(H,84,85)(H,86,87)/b16-15-,19-17-/t70?,71?,72-,73-,74-/m1/s1. The Balaban J connectivity index is 5.30. The molecular formula is C78H148O17P2. The molecule has 97 heavy (non-hydrogen) atoms. The Hall–Kier alpha value is -2.46. The predicted molar refractivity (Wildman–Crippen MR) is 395 cm³/mol. The highest BCUT2D eigenvalue weighted by molar-refractivity contribution is 7.47. The van der Waals surface area contributed by atoms with Gasteiger partial charge in [-0.05, 0) is 69.1 Å². The van der Waals surface area contributed by atoms with E-state index in [4.69, 9.17) is 37.0 Å². The van der Waals surface area contributed by atoms with Crippen molar-refractivity contribution in [2.24, 2.45) is 17.8 Å². The predicted octanol–water partition coefficient (Wildman–Crippen LogP) is 22.5. The third-order valence-corrected chi connectivity index (χ3v) is 20.1. The number of unbranched alkanes of at least 4 members (excludes halogenated alkanes) is 37. The average molecular weight is 1420 g/mol. The molecule has 0 aliphatic carbocycles. The van der Waals surface area contributed by atoms with E-state index in [1.54, 1.807) is 0 Å². The molecular weight excluding hydrogens is 1270 g/mol. The minimum Gasteiger partial charge on any atom is -0.462 e. The summed E-state index contributed by atoms with van der Waals surface area (Å²) in [5.41, 5.74) is 0. The molecule has 0 aliphatic heterocycles. The number of hydrogen-bond acceptors (Lipinski definition) is 15. The van der Waals surface area contributed by atoms with Crippen molar-refractivity contribution in [2.45, 2.75) is 394 Å². The molecule has 7 atom stereocenters. The molecule has 0 bridgehead atoms. The van der Waals surface area contributed by atoms with E-state index >= 15 is 0 Å². The largest absolute Gasteiger partial charge is 0.472 e. The van der Waals surface area contributed by atoms with Crippen molar-refractivity contribution in [1.82, 2.24) is 0 Å². The number of carbonyl (C=O) groups is 4. The minimum atomic E-state index is -4.97. The van der Waals surface area contributed by atoms with Crippen LogP contribution in [0, 0.1) is 17.8 Å². The SMILES string of the molecule is CCCCCC/C=C\C=C/CCCCCCCC(=O)OC[C@H](COP(=O)(O)OC[C@@H](O)COP(=O)(O)OC[C@@H](COC(=O)CCCCCCCCCCC(C)CC)OC(=O)CCCCCCCCCCC(C)CC)OC(=O)CCCCCCCCCCCCCCCCCC(C)C. The molecule has 19 heteroatoms. The summed E-state index contributed by atoms with van der Waals surface area (Å²) < 4.78 is 68.6. The minimum absolute atomic E-state index is 0.100. The Morgan fingerprint density at radius 3 is 0.918 bits per heavy atom. The maximum Gasteiger partial charge on any atom is 0.472 e. The zero-order chi connectivity index (χ0) is 71.6. The monoisotopic (exact) mass is 1420 g/mol. The van der Waals surface area contributed by atoms with Gasteiger partial charge < -0.3 is 33.8 Å². The number of aliphatic hydroxyl groups is 1. The van der Waals surface area contributed by atoms with Crippen LogP contribution in [0.15, 0.2) is 24.3 Å². The van der Waals surface area contributed by atoms with Gasteiger partial charge in [-0.25, -0.2) is 9.13 Å². The zero-order valence-corrected chi connectivity index (χ0v) is 64.8. The van der Waals surface area contributed by atoms with Gasteiger partial charge in [-0.2, -0.15) is 0 Å². The molecule has 0 spiro atoms. The molecule has 0 fully saturated rings. The first-order valence-electron chi connectivity index (χ1n) is 39.7. The summed E-state index contributed by atoms with van der Waals surface area (Å²) in [6, 6.07) is 0. The fourth-order valence-corrected chi connectivity index (χ4v) is 12.9. The van der Waals surface area contributed by atoms with Crippen LogP contribution in [0.5, 0.6) is 0 Å². The molecule has 0 aromatic rings. The Kier molecular flexibility index (Phi) is 66.3. The van der Waals surface area contributed by atoms with Gasteiger partial charge in [0.05, 0.1) is 26.4 Å². The topological polar surface area (TPSA) is 237 Å². The number of hydrogen-bond donors (Lipinski definition) is 3. The van der Waals surface area contributed by atoms with E-state index in [0.29, 0.717) is 25.7 Å². The van der Waals surface area contributed by atoms with Crippen molar-refractivity contribution >= 4 is 39.5 Å². The van der Waals surface area contributed by atoms with E-state index in [-0.39, 0.29) is 25.7 Å². The normalized spacial score (nSPS) is 14.8. The van der Waals surface area contributed by atoms with Crippen LogP contribution in [0.4, 0.5) is 0 Å². The molecule has 572 valence electrons. The highest BCUT2D eigenvalue weighted by atomic mass is 31.2. The van der Waals surface area contributed by atoms with Gasteiger partial charge >= 0.3 is 39.5 Å². The van der Waals surface area contributed by atoms with Crippen LogP contribution < -0.4 is 0 Å². The van der Waals surface area contributed by atoms with Gasteiger partial charge in [0, 0.05) is 25.7 Å². The first kappa shape index (κ1) is 94.5. The number of rotatable bonds is 74. The van der Waals surface area contributed by atoms with Gasteiger partial charge in [-0.3, -0.25) is 37.3 Å². The van der Waals surface area contributed by atoms with Crippen molar-refractivity contribution in [3.63, 3.8) is 0 Å². The summed E-state index contributed by atoms with van der Waals surface area (Å²) in [6.07, 6.45) is 57.6. The Morgan fingerprint density at radius 1 is 0.340 bits per heavy atom. The summed E-state index contributed by atoms with van der Waals surface area (Å²) >= 11 is 0. The number of esters is 4. The van der Waals surface area contributed by atoms with Crippen LogP contribution in [0.1, 0.15) is 376 Å². The van der Waals surface area contributed by atoms with Gasteiger partial charge in [0.2, 0.25) is 0 Å². The molecule has 0 amide bonds. The first-order chi connectivity index (χ1) is 46.8. The number of allylic oxidation sites excluding steroid dienone is 4. The van der Waals surface area contributed by atoms with Gasteiger partial charge in [0.15, 0.2) is 12.2 Å². The highest BCUT2D eigenvalue weighted by Crippen LogP contribution is 2.45. The van der Waals surface area contributed by atoms with E-state index in [1.165, 1.54) is 167 Å². The molecule has 0 aromatic heterocycles. The number of ether oxygens (including phenoxy) is 4. The molecule has 0 heterocycles. The van der Waals surface area contributed by atoms with Crippen molar-refractivity contribution in [3.8, 4) is 0 Å². The Morgan fingerprint density at radius 2 is 0.608 bits per heavy atom. The highest BCUT2D eigenvalue weighted by Gasteiger charge is 2.30. The number of phosphoric acid groups is 2. The lowest BCUT2D eigenvalue weighted by atomic mass is 9.99. The van der Waals surface area contributed by atoms with E-state index in [9.17, 15) is 43.2 Å². The van der Waals surface area contributed by atoms with Gasteiger partial charge in [0.25, 0.3) is 0 Å². The Bertz CT molecular complexity index is 1990. The van der Waals surface area contributed by atoms with Gasteiger partial charge in [0.1, 0.15) is 19.3 Å². The second kappa shape index (κ2) is 68.0. The van der Waals surface area contributed by atoms with Crippen LogP contribution in [-0.2, 0) is 65.4 Å². The van der Waals surface area contributed by atoms with Gasteiger partial charge in [-0.15, -0.1) is 0 Å². The second-order valence-corrected chi connectivity index (χ2v) is 31.3.